The minimum absolute atomic E-state index is 0.181. The summed E-state index contributed by atoms with van der Waals surface area (Å²) >= 11 is 5.95. The molecule has 0 saturated carbocycles. The number of hydrazone groups is 1. The van der Waals surface area contributed by atoms with Crippen molar-refractivity contribution < 1.29 is 32.4 Å². The Balaban J connectivity index is 1.76. The Kier molecular flexibility index (Phi) is 10.3. The van der Waals surface area contributed by atoms with E-state index in [1.165, 1.54) is 6.21 Å². The van der Waals surface area contributed by atoms with Gasteiger partial charge in [-0.1, -0.05) is 35.9 Å². The molecule has 0 radical (unpaired) electrons. The fraction of sp³-hybridized carbons (Fsp3) is 0.214. The van der Waals surface area contributed by atoms with E-state index in [2.05, 4.69) is 17.1 Å². The molecule has 0 spiro atoms. The van der Waals surface area contributed by atoms with E-state index in [1.54, 1.807) is 30.3 Å². The molecule has 0 unspecified atom stereocenters. The van der Waals surface area contributed by atoms with Gasteiger partial charge in [0.1, 0.15) is 6.61 Å². The maximum absolute atomic E-state index is 12.9. The first kappa shape index (κ1) is 30.2. The van der Waals surface area contributed by atoms with Crippen molar-refractivity contribution in [2.24, 2.45) is 5.10 Å². The topological polar surface area (TPSA) is 103 Å². The number of nitrogens with one attached hydrogen (secondary N) is 1. The third-order valence-electron chi connectivity index (χ3n) is 5.48. The molecule has 8 nitrogen and oxygen atoms in total. The molecular formula is C28H25ClF3N3O5. The summed E-state index contributed by atoms with van der Waals surface area (Å²) in [6.45, 7) is 6.22. The predicted molar refractivity (Wildman–Crippen MR) is 145 cm³/mol. The molecule has 40 heavy (non-hydrogen) atoms. The van der Waals surface area contributed by atoms with E-state index in [4.69, 9.17) is 21.1 Å². The fourth-order valence-electron chi connectivity index (χ4n) is 3.68. The van der Waals surface area contributed by atoms with Gasteiger partial charge in [-0.3, -0.25) is 14.9 Å². The van der Waals surface area contributed by atoms with Crippen LogP contribution in [0.2, 0.25) is 5.02 Å². The second-order valence-electron chi connectivity index (χ2n) is 8.42. The van der Waals surface area contributed by atoms with Crippen LogP contribution in [0.4, 0.5) is 18.9 Å². The number of carbonyl (C=O) groups is 1. The number of amides is 1. The summed E-state index contributed by atoms with van der Waals surface area (Å²) in [6.07, 6.45) is -1.81. The van der Waals surface area contributed by atoms with E-state index in [1.807, 2.05) is 19.1 Å². The number of halogens is 4. The van der Waals surface area contributed by atoms with Crippen LogP contribution in [-0.2, 0) is 30.4 Å². The van der Waals surface area contributed by atoms with Crippen LogP contribution >= 0.6 is 11.6 Å². The van der Waals surface area contributed by atoms with Gasteiger partial charge < -0.3 is 9.47 Å². The van der Waals surface area contributed by atoms with Gasteiger partial charge in [-0.2, -0.15) is 18.3 Å². The predicted octanol–water partition coefficient (Wildman–Crippen LogP) is 6.67. The van der Waals surface area contributed by atoms with Gasteiger partial charge in [-0.05, 0) is 54.8 Å². The van der Waals surface area contributed by atoms with Crippen molar-refractivity contribution in [1.82, 2.24) is 5.43 Å². The Morgan fingerprint density at radius 3 is 2.48 bits per heavy atom. The number of rotatable bonds is 12. The van der Waals surface area contributed by atoms with Gasteiger partial charge in [0.25, 0.3) is 5.69 Å². The van der Waals surface area contributed by atoms with Gasteiger partial charge in [-0.25, -0.2) is 5.43 Å². The van der Waals surface area contributed by atoms with E-state index in [9.17, 15) is 28.1 Å². The maximum Gasteiger partial charge on any atom is 0.416 e. The molecule has 0 aliphatic carbocycles. The van der Waals surface area contributed by atoms with Crippen LogP contribution in [0.25, 0.3) is 0 Å². The summed E-state index contributed by atoms with van der Waals surface area (Å²) in [5.74, 6) is 0.217. The zero-order chi connectivity index (χ0) is 29.3. The molecule has 12 heteroatoms. The minimum atomic E-state index is -4.75. The molecule has 1 amide bonds. The second-order valence-corrected chi connectivity index (χ2v) is 8.85. The molecule has 0 aliphatic heterocycles. The highest BCUT2D eigenvalue weighted by Gasteiger charge is 2.33. The fourth-order valence-corrected chi connectivity index (χ4v) is 3.80. The van der Waals surface area contributed by atoms with Crippen molar-refractivity contribution in [3.05, 3.63) is 110 Å². The van der Waals surface area contributed by atoms with Crippen molar-refractivity contribution in [2.75, 3.05) is 6.61 Å². The van der Waals surface area contributed by atoms with Crippen LogP contribution in [0.1, 0.15) is 34.7 Å². The smallest absolute Gasteiger partial charge is 0.416 e. The van der Waals surface area contributed by atoms with E-state index in [0.717, 1.165) is 17.2 Å². The number of hydrogen-bond donors (Lipinski definition) is 1. The molecule has 210 valence electrons. The molecule has 0 fully saturated rings. The molecular weight excluding hydrogens is 551 g/mol. The number of alkyl halides is 3. The standard InChI is InChI=1S/C28H25ClF3N3O5/c1-3-5-21-12-19(13-25(39-4-2)27(21)40-17-18-6-10-23(29)11-7-18)16-33-34-26(36)14-20-8-9-22(28(30,31)32)15-24(20)35(37)38/h3,6-13,15-16H,1,4-5,14,17H2,2H3,(H,34,36)/b33-16-. The van der Waals surface area contributed by atoms with Crippen molar-refractivity contribution in [3.63, 3.8) is 0 Å². The summed E-state index contributed by atoms with van der Waals surface area (Å²) in [4.78, 5) is 22.7. The quantitative estimate of drug-likeness (QED) is 0.112. The molecule has 0 bridgehead atoms. The molecule has 1 N–H and O–H groups in total. The highest BCUT2D eigenvalue weighted by molar-refractivity contribution is 6.30. The van der Waals surface area contributed by atoms with Gasteiger partial charge in [0.2, 0.25) is 5.91 Å². The van der Waals surface area contributed by atoms with E-state index < -0.39 is 34.7 Å². The van der Waals surface area contributed by atoms with Crippen LogP contribution in [0, 0.1) is 10.1 Å². The maximum atomic E-state index is 12.9. The largest absolute Gasteiger partial charge is 0.490 e. The molecule has 0 aromatic heterocycles. The molecule has 0 aliphatic rings. The Labute approximate surface area is 233 Å². The summed E-state index contributed by atoms with van der Waals surface area (Å²) in [6, 6.07) is 12.7. The van der Waals surface area contributed by atoms with Crippen molar-refractivity contribution in [1.29, 1.82) is 0 Å². The first-order valence-corrected chi connectivity index (χ1v) is 12.3. The molecule has 0 atom stereocenters. The van der Waals surface area contributed by atoms with Gasteiger partial charge in [0.15, 0.2) is 11.5 Å². The number of carbonyl (C=O) groups excluding carboxylic acids is 1. The highest BCUT2D eigenvalue weighted by Crippen LogP contribution is 2.35. The van der Waals surface area contributed by atoms with Gasteiger partial charge in [-0.15, -0.1) is 6.58 Å². The van der Waals surface area contributed by atoms with Crippen molar-refractivity contribution in [3.8, 4) is 11.5 Å². The van der Waals surface area contributed by atoms with Crippen molar-refractivity contribution >= 4 is 29.4 Å². The summed E-state index contributed by atoms with van der Waals surface area (Å²) in [5.41, 5.74) is 2.29. The van der Waals surface area contributed by atoms with Gasteiger partial charge in [0.05, 0.1) is 29.7 Å². The number of ether oxygens (including phenoxy) is 2. The normalized spacial score (nSPS) is 11.3. The van der Waals surface area contributed by atoms with Crippen LogP contribution in [-0.4, -0.2) is 23.7 Å². The van der Waals surface area contributed by atoms with Crippen LogP contribution < -0.4 is 14.9 Å². The number of allylic oxidation sites excluding steroid dienone is 1. The molecule has 3 aromatic carbocycles. The van der Waals surface area contributed by atoms with E-state index >= 15 is 0 Å². The molecule has 3 aromatic rings. The van der Waals surface area contributed by atoms with Crippen molar-refractivity contribution in [2.45, 2.75) is 32.5 Å². The first-order chi connectivity index (χ1) is 19.0. The average molecular weight is 576 g/mol. The third kappa shape index (κ3) is 8.31. The monoisotopic (exact) mass is 575 g/mol. The Bertz CT molecular complexity index is 1410. The molecule has 3 rings (SSSR count). The number of benzene rings is 3. The van der Waals surface area contributed by atoms with Crippen LogP contribution in [0.5, 0.6) is 11.5 Å². The zero-order valence-electron chi connectivity index (χ0n) is 21.3. The van der Waals surface area contributed by atoms with E-state index in [-0.39, 0.29) is 12.2 Å². The lowest BCUT2D eigenvalue weighted by molar-refractivity contribution is -0.385. The SMILES string of the molecule is C=CCc1cc(/C=N\NC(=O)Cc2ccc(C(F)(F)F)cc2[N+](=O)[O-])cc(OCC)c1OCc1ccc(Cl)cc1. The Morgan fingerprint density at radius 2 is 1.85 bits per heavy atom. The number of nitrogens with zero attached hydrogens (tertiary/aromatic N) is 2. The number of hydrogen-bond acceptors (Lipinski definition) is 6. The number of nitro benzene ring substituents is 1. The van der Waals surface area contributed by atoms with Crippen LogP contribution in [0.15, 0.2) is 72.4 Å². The van der Waals surface area contributed by atoms with Gasteiger partial charge in [0, 0.05) is 22.2 Å². The minimum Gasteiger partial charge on any atom is -0.490 e. The Hall–Kier alpha value is -4.38. The summed E-state index contributed by atoms with van der Waals surface area (Å²) < 4.78 is 50.6. The lowest BCUT2D eigenvalue weighted by atomic mass is 10.1. The lowest BCUT2D eigenvalue weighted by Crippen LogP contribution is -2.20. The van der Waals surface area contributed by atoms with Gasteiger partial charge >= 0.3 is 6.18 Å². The lowest BCUT2D eigenvalue weighted by Gasteiger charge is -2.17. The second kappa shape index (κ2) is 13.6. The summed E-state index contributed by atoms with van der Waals surface area (Å²) in [5, 5.41) is 15.8. The Morgan fingerprint density at radius 1 is 1.12 bits per heavy atom. The first-order valence-electron chi connectivity index (χ1n) is 12.0. The van der Waals surface area contributed by atoms with Crippen LogP contribution in [0.3, 0.4) is 0 Å². The zero-order valence-corrected chi connectivity index (χ0v) is 22.1. The molecule has 0 saturated heterocycles. The van der Waals surface area contributed by atoms with E-state index in [0.29, 0.717) is 47.2 Å². The average Bonchev–Trinajstić information content (AvgIpc) is 2.89. The molecule has 0 heterocycles. The third-order valence-corrected chi connectivity index (χ3v) is 5.73. The number of nitro groups is 1. The summed E-state index contributed by atoms with van der Waals surface area (Å²) in [7, 11) is 0. The highest BCUT2D eigenvalue weighted by atomic mass is 35.5.